The van der Waals surface area contributed by atoms with Crippen molar-refractivity contribution < 1.29 is 24.2 Å². The Bertz CT molecular complexity index is 834. The molecule has 7 nitrogen and oxygen atoms in total. The number of benzene rings is 1. The van der Waals surface area contributed by atoms with Crippen LogP contribution < -0.4 is 5.32 Å². The van der Waals surface area contributed by atoms with Crippen molar-refractivity contribution in [2.45, 2.75) is 39.0 Å². The summed E-state index contributed by atoms with van der Waals surface area (Å²) in [5.41, 5.74) is 1.07. The number of hydrogen-bond acceptors (Lipinski definition) is 6. The summed E-state index contributed by atoms with van der Waals surface area (Å²) in [5, 5.41) is 14.1. The maximum absolute atomic E-state index is 12.7. The number of thioether (sulfide) groups is 1. The first-order chi connectivity index (χ1) is 13.4. The Morgan fingerprint density at radius 3 is 2.75 bits per heavy atom. The lowest BCUT2D eigenvalue weighted by Gasteiger charge is -2.44. The van der Waals surface area contributed by atoms with Crippen LogP contribution in [0.4, 0.5) is 0 Å². The van der Waals surface area contributed by atoms with Gasteiger partial charge >= 0.3 is 5.97 Å². The molecule has 148 valence electrons. The molecule has 2 aliphatic rings. The number of β-lactam (4-membered cyclic amide) rings is 1. The molecule has 3 atom stereocenters. The number of hydrogen-bond donors (Lipinski definition) is 2. The van der Waals surface area contributed by atoms with Crippen LogP contribution in [-0.4, -0.2) is 39.9 Å². The number of aliphatic hydroxyl groups is 1. The van der Waals surface area contributed by atoms with Gasteiger partial charge in [0.1, 0.15) is 12.3 Å². The number of aliphatic hydroxyl groups excluding tert-OH is 1. The van der Waals surface area contributed by atoms with Crippen LogP contribution in [0.3, 0.4) is 0 Å². The summed E-state index contributed by atoms with van der Waals surface area (Å²) >= 11 is 1.26. The molecule has 28 heavy (non-hydrogen) atoms. The van der Waals surface area contributed by atoms with Crippen LogP contribution in [0.2, 0.25) is 0 Å². The predicted molar refractivity (Wildman–Crippen MR) is 104 cm³/mol. The van der Waals surface area contributed by atoms with Gasteiger partial charge in [-0.2, -0.15) is 0 Å². The van der Waals surface area contributed by atoms with E-state index in [1.54, 1.807) is 12.3 Å². The van der Waals surface area contributed by atoms with Gasteiger partial charge in [0.25, 0.3) is 0 Å². The zero-order chi connectivity index (χ0) is 20.3. The first-order valence-corrected chi connectivity index (χ1v) is 9.82. The fraction of sp³-hybridized carbons (Fsp3) is 0.350. The van der Waals surface area contributed by atoms with Gasteiger partial charge < -0.3 is 20.1 Å². The molecule has 0 radical (unpaired) electrons. The van der Waals surface area contributed by atoms with Gasteiger partial charge in [0.2, 0.25) is 11.8 Å². The molecular formula is C20H22N2O5S. The molecule has 1 fully saturated rings. The van der Waals surface area contributed by atoms with E-state index >= 15 is 0 Å². The van der Waals surface area contributed by atoms with Gasteiger partial charge in [-0.25, -0.2) is 4.79 Å². The van der Waals surface area contributed by atoms with Crippen LogP contribution in [0.15, 0.2) is 52.5 Å². The average molecular weight is 402 g/mol. The minimum absolute atomic E-state index is 0.107. The van der Waals surface area contributed by atoms with Crippen molar-refractivity contribution in [1.82, 2.24) is 10.2 Å². The summed E-state index contributed by atoms with van der Waals surface area (Å²) in [5.74, 6) is -1.56. The first kappa shape index (κ1) is 20.2. The summed E-state index contributed by atoms with van der Waals surface area (Å²) in [6.07, 6.45) is 1.16. The highest BCUT2D eigenvalue weighted by Gasteiger charge is 2.56. The molecule has 8 heteroatoms. The Hall–Kier alpha value is -2.58. The number of amides is 2. The van der Waals surface area contributed by atoms with Gasteiger partial charge in [0, 0.05) is 24.4 Å². The number of nitrogens with one attached hydrogen (secondary N) is 1. The van der Waals surface area contributed by atoms with E-state index in [4.69, 9.17) is 4.74 Å². The zero-order valence-electron chi connectivity index (χ0n) is 15.6. The van der Waals surface area contributed by atoms with Crippen LogP contribution in [0.5, 0.6) is 0 Å². The Labute approximate surface area is 167 Å². The first-order valence-electron chi connectivity index (χ1n) is 8.94. The fourth-order valence-electron chi connectivity index (χ4n) is 3.39. The highest BCUT2D eigenvalue weighted by atomic mass is 32.2. The van der Waals surface area contributed by atoms with Gasteiger partial charge in [0.15, 0.2) is 0 Å². The lowest BCUT2D eigenvalue weighted by Crippen LogP contribution is -2.61. The highest BCUT2D eigenvalue weighted by Crippen LogP contribution is 2.47. The van der Waals surface area contributed by atoms with E-state index in [0.717, 1.165) is 5.56 Å². The zero-order valence-corrected chi connectivity index (χ0v) is 16.4. The normalized spacial score (nSPS) is 22.1. The number of esters is 1. The van der Waals surface area contributed by atoms with Gasteiger partial charge in [-0.15, -0.1) is 0 Å². The van der Waals surface area contributed by atoms with Gasteiger partial charge in [-0.3, -0.25) is 9.59 Å². The molecule has 2 heterocycles. The third kappa shape index (κ3) is 4.13. The highest BCUT2D eigenvalue weighted by molar-refractivity contribution is 8.05. The van der Waals surface area contributed by atoms with E-state index in [1.165, 1.54) is 29.8 Å². The molecule has 2 amide bonds. The summed E-state index contributed by atoms with van der Waals surface area (Å²) < 4.78 is 5.42. The van der Waals surface area contributed by atoms with Crippen molar-refractivity contribution in [3.8, 4) is 0 Å². The number of fused-ring (bicyclic) bond motifs is 1. The van der Waals surface area contributed by atoms with E-state index in [-0.39, 0.29) is 30.2 Å². The van der Waals surface area contributed by atoms with Crippen molar-refractivity contribution in [2.75, 3.05) is 0 Å². The van der Waals surface area contributed by atoms with Crippen LogP contribution in [0.1, 0.15) is 25.8 Å². The maximum atomic E-state index is 12.7. The molecule has 3 unspecified atom stereocenters. The molecule has 3 rings (SSSR count). The predicted octanol–water partition coefficient (Wildman–Crippen LogP) is 1.89. The fourth-order valence-corrected chi connectivity index (χ4v) is 4.25. The Balaban J connectivity index is 1.76. The molecule has 0 aromatic heterocycles. The van der Waals surface area contributed by atoms with Gasteiger partial charge in [0.05, 0.1) is 18.1 Å². The van der Waals surface area contributed by atoms with E-state index in [1.807, 2.05) is 30.3 Å². The SMILES string of the molecule is CC(=O)NC=CSC1=C(C(=O)OCc2ccccc2)N2C(=O)C(C(C)O)C2C1. The molecular weight excluding hydrogens is 380 g/mol. The number of ether oxygens (including phenoxy) is 1. The summed E-state index contributed by atoms with van der Waals surface area (Å²) in [4.78, 5) is 38.3. The molecule has 2 aliphatic heterocycles. The molecule has 2 N–H and O–H groups in total. The molecule has 0 saturated carbocycles. The second kappa shape index (κ2) is 8.62. The van der Waals surface area contributed by atoms with Gasteiger partial charge in [-0.05, 0) is 17.9 Å². The molecule has 1 aromatic rings. The van der Waals surface area contributed by atoms with E-state index < -0.39 is 18.0 Å². The summed E-state index contributed by atoms with van der Waals surface area (Å²) in [6, 6.07) is 9.04. The van der Waals surface area contributed by atoms with Crippen LogP contribution >= 0.6 is 11.8 Å². The minimum Gasteiger partial charge on any atom is -0.456 e. The average Bonchev–Trinajstić information content (AvgIpc) is 2.98. The third-order valence-corrected chi connectivity index (χ3v) is 5.58. The van der Waals surface area contributed by atoms with Crippen LogP contribution in [-0.2, 0) is 25.7 Å². The quantitative estimate of drug-likeness (QED) is 0.534. The largest absolute Gasteiger partial charge is 0.456 e. The molecule has 1 aromatic carbocycles. The van der Waals surface area contributed by atoms with Crippen molar-refractivity contribution >= 4 is 29.5 Å². The molecule has 0 spiro atoms. The molecule has 0 aliphatic carbocycles. The molecule has 0 bridgehead atoms. The van der Waals surface area contributed by atoms with E-state index in [9.17, 15) is 19.5 Å². The third-order valence-electron chi connectivity index (χ3n) is 4.66. The topological polar surface area (TPSA) is 95.9 Å². The summed E-state index contributed by atoms with van der Waals surface area (Å²) in [6.45, 7) is 3.08. The van der Waals surface area contributed by atoms with Crippen molar-refractivity contribution in [1.29, 1.82) is 0 Å². The van der Waals surface area contributed by atoms with Crippen LogP contribution in [0.25, 0.3) is 0 Å². The number of rotatable bonds is 7. The lowest BCUT2D eigenvalue weighted by atomic mass is 9.83. The smallest absolute Gasteiger partial charge is 0.356 e. The number of carbonyl (C=O) groups excluding carboxylic acids is 3. The van der Waals surface area contributed by atoms with Crippen LogP contribution in [0, 0.1) is 5.92 Å². The second-order valence-electron chi connectivity index (χ2n) is 6.70. The van der Waals surface area contributed by atoms with Crippen molar-refractivity contribution in [3.05, 3.63) is 58.1 Å². The lowest BCUT2D eigenvalue weighted by molar-refractivity contribution is -0.162. The Morgan fingerprint density at radius 1 is 1.39 bits per heavy atom. The van der Waals surface area contributed by atoms with E-state index in [2.05, 4.69) is 5.32 Å². The second-order valence-corrected chi connectivity index (χ2v) is 7.70. The summed E-state index contributed by atoms with van der Waals surface area (Å²) in [7, 11) is 0. The number of carbonyl (C=O) groups is 3. The monoisotopic (exact) mass is 402 g/mol. The standard InChI is InChI=1S/C20H22N2O5S/c1-12(23)17-15-10-16(28-9-8-21-13(2)24)18(22(15)19(17)25)20(26)27-11-14-6-4-3-5-7-14/h3-9,12,15,17,23H,10-11H2,1-2H3,(H,21,24). The Kier molecular flexibility index (Phi) is 6.21. The van der Waals surface area contributed by atoms with E-state index in [0.29, 0.717) is 11.3 Å². The Morgan fingerprint density at radius 2 is 2.11 bits per heavy atom. The van der Waals surface area contributed by atoms with Crippen molar-refractivity contribution in [3.63, 3.8) is 0 Å². The van der Waals surface area contributed by atoms with Crippen molar-refractivity contribution in [2.24, 2.45) is 5.92 Å². The maximum Gasteiger partial charge on any atom is 0.356 e. The molecule has 1 saturated heterocycles. The number of nitrogens with zero attached hydrogens (tertiary/aromatic N) is 1. The minimum atomic E-state index is -0.783. The van der Waals surface area contributed by atoms with Gasteiger partial charge in [-0.1, -0.05) is 42.1 Å².